The van der Waals surface area contributed by atoms with Gasteiger partial charge in [-0.3, -0.25) is 4.79 Å². The normalized spacial score (nSPS) is 10.7. The lowest BCUT2D eigenvalue weighted by molar-refractivity contribution is -0.114. The van der Waals surface area contributed by atoms with Gasteiger partial charge in [-0.2, -0.15) is 14.6 Å². The van der Waals surface area contributed by atoms with E-state index < -0.39 is 0 Å². The van der Waals surface area contributed by atoms with Crippen molar-refractivity contribution in [3.63, 3.8) is 0 Å². The molecule has 118 valence electrons. The molecule has 0 spiro atoms. The number of rotatable bonds is 5. The standard InChI is InChI=1S/C16H18N6O/c1-3-4-14-9-15(22-16(21-14)17-10-18-22)20-13-7-5-12(6-8-13)19-11(2)23/h5-10,20H,3-4H2,1-2H3,(H,19,23). The number of benzene rings is 1. The smallest absolute Gasteiger partial charge is 0.254 e. The topological polar surface area (TPSA) is 84.2 Å². The fraction of sp³-hybridized carbons (Fsp3) is 0.250. The van der Waals surface area contributed by atoms with E-state index in [-0.39, 0.29) is 5.91 Å². The van der Waals surface area contributed by atoms with Gasteiger partial charge >= 0.3 is 0 Å². The van der Waals surface area contributed by atoms with Crippen molar-refractivity contribution in [1.82, 2.24) is 19.6 Å². The van der Waals surface area contributed by atoms with Crippen LogP contribution in [0.1, 0.15) is 26.0 Å². The summed E-state index contributed by atoms with van der Waals surface area (Å²) >= 11 is 0. The van der Waals surface area contributed by atoms with E-state index in [4.69, 9.17) is 0 Å². The Labute approximate surface area is 133 Å². The van der Waals surface area contributed by atoms with Gasteiger partial charge in [-0.05, 0) is 30.7 Å². The zero-order chi connectivity index (χ0) is 16.2. The summed E-state index contributed by atoms with van der Waals surface area (Å²) < 4.78 is 1.67. The molecule has 7 heteroatoms. The van der Waals surface area contributed by atoms with E-state index in [2.05, 4.69) is 32.6 Å². The molecule has 0 bridgehead atoms. The van der Waals surface area contributed by atoms with Crippen molar-refractivity contribution in [3.8, 4) is 0 Å². The average Bonchev–Trinajstić information content (AvgIpc) is 2.98. The van der Waals surface area contributed by atoms with Gasteiger partial charge in [0.05, 0.1) is 0 Å². The second-order valence-corrected chi connectivity index (χ2v) is 5.24. The summed E-state index contributed by atoms with van der Waals surface area (Å²) in [5.74, 6) is 1.30. The first-order valence-corrected chi connectivity index (χ1v) is 7.50. The second-order valence-electron chi connectivity index (χ2n) is 5.24. The van der Waals surface area contributed by atoms with Gasteiger partial charge in [0.25, 0.3) is 5.78 Å². The van der Waals surface area contributed by atoms with Crippen LogP contribution >= 0.6 is 0 Å². The predicted octanol–water partition coefficient (Wildman–Crippen LogP) is 2.78. The Morgan fingerprint density at radius 3 is 2.65 bits per heavy atom. The van der Waals surface area contributed by atoms with E-state index in [1.54, 1.807) is 4.52 Å². The van der Waals surface area contributed by atoms with Crippen molar-refractivity contribution < 1.29 is 4.79 Å². The van der Waals surface area contributed by atoms with Gasteiger partial charge in [-0.15, -0.1) is 0 Å². The number of nitrogens with zero attached hydrogens (tertiary/aromatic N) is 4. The van der Waals surface area contributed by atoms with Gasteiger partial charge in [-0.1, -0.05) is 13.3 Å². The molecule has 0 aliphatic carbocycles. The minimum atomic E-state index is -0.0895. The lowest BCUT2D eigenvalue weighted by Gasteiger charge is -2.10. The lowest BCUT2D eigenvalue weighted by Crippen LogP contribution is -2.06. The van der Waals surface area contributed by atoms with Crippen molar-refractivity contribution in [2.24, 2.45) is 0 Å². The van der Waals surface area contributed by atoms with Crippen LogP contribution < -0.4 is 10.6 Å². The monoisotopic (exact) mass is 310 g/mol. The SMILES string of the molecule is CCCc1cc(Nc2ccc(NC(C)=O)cc2)n2ncnc2n1. The largest absolute Gasteiger partial charge is 0.340 e. The van der Waals surface area contributed by atoms with Crippen molar-refractivity contribution in [2.75, 3.05) is 10.6 Å². The molecule has 1 aromatic carbocycles. The van der Waals surface area contributed by atoms with Gasteiger partial charge in [0.15, 0.2) is 0 Å². The highest BCUT2D eigenvalue weighted by Crippen LogP contribution is 2.20. The summed E-state index contributed by atoms with van der Waals surface area (Å²) in [7, 11) is 0. The number of carbonyl (C=O) groups excluding carboxylic acids is 1. The van der Waals surface area contributed by atoms with Gasteiger partial charge in [-0.25, -0.2) is 4.98 Å². The van der Waals surface area contributed by atoms with Crippen LogP contribution in [0.2, 0.25) is 0 Å². The number of carbonyl (C=O) groups is 1. The Balaban J connectivity index is 1.88. The molecule has 0 aliphatic heterocycles. The third-order valence-electron chi connectivity index (χ3n) is 3.29. The van der Waals surface area contributed by atoms with Crippen LogP contribution in [0.15, 0.2) is 36.7 Å². The molecule has 2 heterocycles. The molecule has 3 aromatic rings. The Morgan fingerprint density at radius 1 is 1.22 bits per heavy atom. The third kappa shape index (κ3) is 3.45. The number of amides is 1. The number of fused-ring (bicyclic) bond motifs is 1. The molecule has 7 nitrogen and oxygen atoms in total. The predicted molar refractivity (Wildman–Crippen MR) is 88.8 cm³/mol. The number of anilines is 3. The van der Waals surface area contributed by atoms with Crippen molar-refractivity contribution in [3.05, 3.63) is 42.4 Å². The molecular formula is C16H18N6O. The molecule has 0 atom stereocenters. The van der Waals surface area contributed by atoms with Crippen LogP contribution in [0.25, 0.3) is 5.78 Å². The van der Waals surface area contributed by atoms with E-state index in [9.17, 15) is 4.79 Å². The third-order valence-corrected chi connectivity index (χ3v) is 3.29. The fourth-order valence-corrected chi connectivity index (χ4v) is 2.32. The highest BCUT2D eigenvalue weighted by Gasteiger charge is 2.07. The van der Waals surface area contributed by atoms with E-state index >= 15 is 0 Å². The summed E-state index contributed by atoms with van der Waals surface area (Å²) in [4.78, 5) is 19.7. The Bertz CT molecular complexity index is 824. The molecule has 0 saturated carbocycles. The highest BCUT2D eigenvalue weighted by molar-refractivity contribution is 5.88. The second kappa shape index (κ2) is 6.43. The minimum absolute atomic E-state index is 0.0895. The maximum atomic E-state index is 11.1. The highest BCUT2D eigenvalue weighted by atomic mass is 16.1. The average molecular weight is 310 g/mol. The lowest BCUT2D eigenvalue weighted by atomic mass is 10.2. The first-order valence-electron chi connectivity index (χ1n) is 7.50. The van der Waals surface area contributed by atoms with E-state index in [1.165, 1.54) is 13.3 Å². The Kier molecular flexibility index (Phi) is 4.18. The summed E-state index contributed by atoms with van der Waals surface area (Å²) in [6, 6.07) is 9.46. The molecule has 0 fully saturated rings. The van der Waals surface area contributed by atoms with E-state index in [1.807, 2.05) is 30.3 Å². The van der Waals surface area contributed by atoms with E-state index in [0.717, 1.165) is 35.7 Å². The number of aryl methyl sites for hydroxylation is 1. The fourth-order valence-electron chi connectivity index (χ4n) is 2.32. The molecule has 2 aromatic heterocycles. The summed E-state index contributed by atoms with van der Waals surface area (Å²) in [6.07, 6.45) is 3.39. The first-order chi connectivity index (χ1) is 11.2. The Morgan fingerprint density at radius 2 is 1.96 bits per heavy atom. The summed E-state index contributed by atoms with van der Waals surface area (Å²) in [6.45, 7) is 3.60. The van der Waals surface area contributed by atoms with Crippen LogP contribution in [-0.4, -0.2) is 25.5 Å². The number of hydrogen-bond acceptors (Lipinski definition) is 5. The molecule has 3 rings (SSSR count). The Hall–Kier alpha value is -2.96. The molecule has 0 saturated heterocycles. The van der Waals surface area contributed by atoms with Crippen LogP contribution in [0.5, 0.6) is 0 Å². The first kappa shape index (κ1) is 15.0. The van der Waals surface area contributed by atoms with Crippen molar-refractivity contribution >= 4 is 28.9 Å². The van der Waals surface area contributed by atoms with Gasteiger partial charge < -0.3 is 10.6 Å². The quantitative estimate of drug-likeness (QED) is 0.757. The maximum absolute atomic E-state index is 11.1. The summed E-state index contributed by atoms with van der Waals surface area (Å²) in [5, 5.41) is 10.3. The molecule has 0 aliphatic rings. The molecule has 2 N–H and O–H groups in total. The van der Waals surface area contributed by atoms with Gasteiger partial charge in [0.2, 0.25) is 5.91 Å². The number of hydrogen-bond donors (Lipinski definition) is 2. The zero-order valence-corrected chi connectivity index (χ0v) is 13.1. The van der Waals surface area contributed by atoms with Crippen molar-refractivity contribution in [1.29, 1.82) is 0 Å². The molecule has 0 unspecified atom stereocenters. The zero-order valence-electron chi connectivity index (χ0n) is 13.1. The van der Waals surface area contributed by atoms with Crippen LogP contribution in [0.3, 0.4) is 0 Å². The number of aromatic nitrogens is 4. The van der Waals surface area contributed by atoms with Crippen molar-refractivity contribution in [2.45, 2.75) is 26.7 Å². The molecule has 1 amide bonds. The van der Waals surface area contributed by atoms with Crippen LogP contribution in [-0.2, 0) is 11.2 Å². The van der Waals surface area contributed by atoms with Gasteiger partial charge in [0.1, 0.15) is 12.1 Å². The van der Waals surface area contributed by atoms with Crippen LogP contribution in [0.4, 0.5) is 17.2 Å². The van der Waals surface area contributed by atoms with Crippen LogP contribution in [0, 0.1) is 0 Å². The molecule has 0 radical (unpaired) electrons. The number of nitrogens with one attached hydrogen (secondary N) is 2. The van der Waals surface area contributed by atoms with Gasteiger partial charge in [0, 0.05) is 30.1 Å². The maximum Gasteiger partial charge on any atom is 0.254 e. The molecule has 23 heavy (non-hydrogen) atoms. The molecular weight excluding hydrogens is 292 g/mol. The van der Waals surface area contributed by atoms with E-state index in [0.29, 0.717) is 5.78 Å². The minimum Gasteiger partial charge on any atom is -0.340 e. The summed E-state index contributed by atoms with van der Waals surface area (Å²) in [5.41, 5.74) is 2.63.